The Labute approximate surface area is 128 Å². The number of rotatable bonds is 3. The molecule has 21 heavy (non-hydrogen) atoms. The van der Waals surface area contributed by atoms with Crippen molar-refractivity contribution in [2.24, 2.45) is 5.92 Å². The van der Waals surface area contributed by atoms with E-state index in [0.29, 0.717) is 0 Å². The number of hydrogen-bond acceptors (Lipinski definition) is 4. The average molecular weight is 289 g/mol. The highest BCUT2D eigenvalue weighted by Crippen LogP contribution is 2.29. The summed E-state index contributed by atoms with van der Waals surface area (Å²) < 4.78 is 5.50. The molecule has 0 aromatic heterocycles. The molecule has 1 aromatic rings. The van der Waals surface area contributed by atoms with E-state index in [1.807, 2.05) is 6.07 Å². The van der Waals surface area contributed by atoms with Crippen molar-refractivity contribution in [1.29, 1.82) is 0 Å². The number of nitrogens with one attached hydrogen (secondary N) is 1. The van der Waals surface area contributed by atoms with Crippen molar-refractivity contribution in [3.05, 3.63) is 24.3 Å². The topological polar surface area (TPSA) is 27.7 Å². The van der Waals surface area contributed by atoms with E-state index in [9.17, 15) is 0 Å². The minimum Gasteiger partial charge on any atom is -0.495 e. The van der Waals surface area contributed by atoms with Gasteiger partial charge in [0.05, 0.1) is 12.8 Å². The molecule has 0 saturated carbocycles. The van der Waals surface area contributed by atoms with Crippen LogP contribution >= 0.6 is 0 Å². The predicted molar refractivity (Wildman–Crippen MR) is 87.2 cm³/mol. The molecule has 2 atom stereocenters. The highest BCUT2D eigenvalue weighted by atomic mass is 16.5. The van der Waals surface area contributed by atoms with E-state index >= 15 is 0 Å². The van der Waals surface area contributed by atoms with Crippen LogP contribution in [0.4, 0.5) is 5.69 Å². The molecule has 4 heteroatoms. The monoisotopic (exact) mass is 289 g/mol. The summed E-state index contributed by atoms with van der Waals surface area (Å²) in [4.78, 5) is 5.15. The molecule has 0 amide bonds. The third-order valence-corrected chi connectivity index (χ3v) is 4.95. The molecule has 2 saturated heterocycles. The maximum atomic E-state index is 5.50. The standard InChI is InChI=1S/C17H27N3O/c1-14-13-18-8-7-15(14)19-9-11-20(12-10-19)16-5-3-4-6-17(16)21-2/h3-6,14-15,18H,7-13H2,1-2H3. The number of ether oxygens (including phenoxy) is 1. The van der Waals surface area contributed by atoms with Crippen molar-refractivity contribution in [2.75, 3.05) is 51.3 Å². The number of para-hydroxylation sites is 2. The largest absolute Gasteiger partial charge is 0.495 e. The molecule has 2 heterocycles. The summed E-state index contributed by atoms with van der Waals surface area (Å²) in [5.74, 6) is 1.75. The Balaban J connectivity index is 1.62. The average Bonchev–Trinajstić information content (AvgIpc) is 2.55. The van der Waals surface area contributed by atoms with Gasteiger partial charge >= 0.3 is 0 Å². The van der Waals surface area contributed by atoms with Crippen molar-refractivity contribution in [3.63, 3.8) is 0 Å². The molecule has 2 fully saturated rings. The van der Waals surface area contributed by atoms with E-state index in [1.165, 1.54) is 18.7 Å². The van der Waals surface area contributed by atoms with Crippen LogP contribution in [0.25, 0.3) is 0 Å². The lowest BCUT2D eigenvalue weighted by Crippen LogP contribution is -2.55. The zero-order valence-electron chi connectivity index (χ0n) is 13.2. The zero-order chi connectivity index (χ0) is 14.7. The number of hydrogen-bond donors (Lipinski definition) is 1. The van der Waals surface area contributed by atoms with E-state index in [0.717, 1.165) is 50.4 Å². The normalized spacial score (nSPS) is 27.6. The van der Waals surface area contributed by atoms with Crippen molar-refractivity contribution in [1.82, 2.24) is 10.2 Å². The summed E-state index contributed by atoms with van der Waals surface area (Å²) in [5.41, 5.74) is 1.23. The first-order chi connectivity index (χ1) is 10.3. The lowest BCUT2D eigenvalue weighted by Gasteiger charge is -2.44. The molecule has 0 spiro atoms. The third-order valence-electron chi connectivity index (χ3n) is 4.95. The number of anilines is 1. The fraction of sp³-hybridized carbons (Fsp3) is 0.647. The molecule has 0 radical (unpaired) electrons. The van der Waals surface area contributed by atoms with Crippen LogP contribution in [0, 0.1) is 5.92 Å². The number of piperazine rings is 1. The fourth-order valence-corrected chi connectivity index (χ4v) is 3.73. The summed E-state index contributed by atoms with van der Waals surface area (Å²) >= 11 is 0. The molecule has 2 aliphatic heterocycles. The van der Waals surface area contributed by atoms with Gasteiger partial charge in [-0.1, -0.05) is 19.1 Å². The van der Waals surface area contributed by atoms with Crippen LogP contribution < -0.4 is 15.0 Å². The van der Waals surface area contributed by atoms with Crippen LogP contribution in [0.15, 0.2) is 24.3 Å². The summed E-state index contributed by atoms with van der Waals surface area (Å²) in [6.45, 7) is 9.22. The molecule has 1 aromatic carbocycles. The number of benzene rings is 1. The van der Waals surface area contributed by atoms with Gasteiger partial charge in [-0.3, -0.25) is 4.90 Å². The molecule has 116 valence electrons. The highest BCUT2D eigenvalue weighted by Gasteiger charge is 2.29. The lowest BCUT2D eigenvalue weighted by atomic mass is 9.93. The second-order valence-electron chi connectivity index (χ2n) is 6.23. The predicted octanol–water partition coefficient (Wildman–Crippen LogP) is 1.82. The fourth-order valence-electron chi connectivity index (χ4n) is 3.73. The summed E-state index contributed by atoms with van der Waals surface area (Å²) in [5, 5.41) is 3.50. The van der Waals surface area contributed by atoms with Crippen LogP contribution in [-0.4, -0.2) is 57.3 Å². The van der Waals surface area contributed by atoms with Crippen molar-refractivity contribution >= 4 is 5.69 Å². The van der Waals surface area contributed by atoms with Crippen molar-refractivity contribution < 1.29 is 4.74 Å². The van der Waals surface area contributed by atoms with Gasteiger partial charge in [-0.25, -0.2) is 0 Å². The Hall–Kier alpha value is -1.26. The van der Waals surface area contributed by atoms with E-state index in [4.69, 9.17) is 4.74 Å². The van der Waals surface area contributed by atoms with Gasteiger partial charge in [0, 0.05) is 32.2 Å². The minimum atomic E-state index is 0.756. The molecule has 2 aliphatic rings. The highest BCUT2D eigenvalue weighted by molar-refractivity contribution is 5.58. The molecule has 2 unspecified atom stereocenters. The molecular formula is C17H27N3O. The van der Waals surface area contributed by atoms with E-state index in [-0.39, 0.29) is 0 Å². The van der Waals surface area contributed by atoms with Crippen LogP contribution in [0.5, 0.6) is 5.75 Å². The minimum absolute atomic E-state index is 0.756. The van der Waals surface area contributed by atoms with E-state index in [1.54, 1.807) is 7.11 Å². The van der Waals surface area contributed by atoms with Crippen molar-refractivity contribution in [2.45, 2.75) is 19.4 Å². The molecule has 1 N–H and O–H groups in total. The third kappa shape index (κ3) is 3.16. The van der Waals surface area contributed by atoms with Gasteiger partial charge in [0.2, 0.25) is 0 Å². The Bertz CT molecular complexity index is 457. The van der Waals surface area contributed by atoms with Gasteiger partial charge in [0.1, 0.15) is 5.75 Å². The van der Waals surface area contributed by atoms with Crippen molar-refractivity contribution in [3.8, 4) is 5.75 Å². The van der Waals surface area contributed by atoms with Crippen LogP contribution in [-0.2, 0) is 0 Å². The molecular weight excluding hydrogens is 262 g/mol. The Morgan fingerprint density at radius 3 is 2.62 bits per heavy atom. The van der Waals surface area contributed by atoms with Crippen LogP contribution in [0.3, 0.4) is 0 Å². The summed E-state index contributed by atoms with van der Waals surface area (Å²) in [6, 6.07) is 9.11. The Kier molecular flexibility index (Phi) is 4.66. The van der Waals surface area contributed by atoms with E-state index in [2.05, 4.69) is 40.2 Å². The quantitative estimate of drug-likeness (QED) is 0.918. The first-order valence-electron chi connectivity index (χ1n) is 8.12. The molecule has 4 nitrogen and oxygen atoms in total. The second kappa shape index (κ2) is 6.67. The van der Waals surface area contributed by atoms with Gasteiger partial charge in [0.15, 0.2) is 0 Å². The Morgan fingerprint density at radius 2 is 1.90 bits per heavy atom. The number of nitrogens with zero attached hydrogens (tertiary/aromatic N) is 2. The molecule has 0 aliphatic carbocycles. The van der Waals surface area contributed by atoms with Gasteiger partial charge in [0.25, 0.3) is 0 Å². The van der Waals surface area contributed by atoms with E-state index < -0.39 is 0 Å². The maximum Gasteiger partial charge on any atom is 0.142 e. The SMILES string of the molecule is COc1ccccc1N1CCN(C2CCNCC2C)CC1. The summed E-state index contributed by atoms with van der Waals surface area (Å²) in [6.07, 6.45) is 1.29. The molecule has 3 rings (SSSR count). The number of methoxy groups -OCH3 is 1. The Morgan fingerprint density at radius 1 is 1.14 bits per heavy atom. The number of piperidine rings is 1. The maximum absolute atomic E-state index is 5.50. The van der Waals surface area contributed by atoms with Gasteiger partial charge in [-0.15, -0.1) is 0 Å². The lowest BCUT2D eigenvalue weighted by molar-refractivity contribution is 0.113. The second-order valence-corrected chi connectivity index (χ2v) is 6.23. The first-order valence-corrected chi connectivity index (χ1v) is 8.12. The zero-order valence-corrected chi connectivity index (χ0v) is 13.2. The van der Waals surface area contributed by atoms with Gasteiger partial charge < -0.3 is 15.0 Å². The van der Waals surface area contributed by atoms with Gasteiger partial charge in [-0.2, -0.15) is 0 Å². The van der Waals surface area contributed by atoms with Gasteiger partial charge in [-0.05, 0) is 37.6 Å². The first kappa shape index (κ1) is 14.7. The van der Waals surface area contributed by atoms with Crippen LogP contribution in [0.2, 0.25) is 0 Å². The smallest absolute Gasteiger partial charge is 0.142 e. The molecule has 0 bridgehead atoms. The summed E-state index contributed by atoms with van der Waals surface area (Å²) in [7, 11) is 1.76. The van der Waals surface area contributed by atoms with Crippen LogP contribution in [0.1, 0.15) is 13.3 Å².